The van der Waals surface area contributed by atoms with Crippen molar-refractivity contribution < 1.29 is 14.2 Å². The normalized spacial score (nSPS) is 19.5. The lowest BCUT2D eigenvalue weighted by atomic mass is 9.84. The minimum absolute atomic E-state index is 0.0803. The number of methoxy groups -OCH3 is 1. The Labute approximate surface area is 157 Å². The van der Waals surface area contributed by atoms with E-state index in [9.17, 15) is 5.26 Å². The maximum Gasteiger partial charge on any atom is 0.244 e. The number of nitrogens with one attached hydrogen (secondary N) is 1. The summed E-state index contributed by atoms with van der Waals surface area (Å²) in [7, 11) is 1.61. The highest BCUT2D eigenvalue weighted by molar-refractivity contribution is 5.55. The zero-order valence-corrected chi connectivity index (χ0v) is 15.2. The molecule has 140 valence electrons. The fourth-order valence-electron chi connectivity index (χ4n) is 3.83. The molecule has 1 saturated carbocycles. The van der Waals surface area contributed by atoms with Crippen LogP contribution in [0.15, 0.2) is 35.7 Å². The molecule has 0 saturated heterocycles. The van der Waals surface area contributed by atoms with Gasteiger partial charge in [-0.3, -0.25) is 5.10 Å². The summed E-state index contributed by atoms with van der Waals surface area (Å²) >= 11 is 0. The number of aromatic amines is 1. The van der Waals surface area contributed by atoms with Crippen LogP contribution in [0.3, 0.4) is 0 Å². The smallest absolute Gasteiger partial charge is 0.244 e. The summed E-state index contributed by atoms with van der Waals surface area (Å²) in [5.41, 5.74) is 8.82. The average molecular weight is 366 g/mol. The van der Waals surface area contributed by atoms with Gasteiger partial charge < -0.3 is 19.9 Å². The first-order valence-corrected chi connectivity index (χ1v) is 9.11. The first-order valence-electron chi connectivity index (χ1n) is 9.11. The fourth-order valence-corrected chi connectivity index (χ4v) is 3.83. The molecular weight excluding hydrogens is 344 g/mol. The van der Waals surface area contributed by atoms with Crippen molar-refractivity contribution in [2.45, 2.75) is 44.3 Å². The lowest BCUT2D eigenvalue weighted by Crippen LogP contribution is -2.21. The van der Waals surface area contributed by atoms with Crippen LogP contribution in [0.2, 0.25) is 0 Å². The molecule has 1 fully saturated rings. The van der Waals surface area contributed by atoms with Crippen molar-refractivity contribution in [3.63, 3.8) is 0 Å². The number of hydrogen-bond donors (Lipinski definition) is 2. The van der Waals surface area contributed by atoms with Crippen molar-refractivity contribution >= 4 is 0 Å². The molecule has 27 heavy (non-hydrogen) atoms. The van der Waals surface area contributed by atoms with Crippen molar-refractivity contribution in [2.24, 2.45) is 5.73 Å². The molecule has 7 heteroatoms. The predicted molar refractivity (Wildman–Crippen MR) is 97.9 cm³/mol. The first kappa shape index (κ1) is 17.4. The van der Waals surface area contributed by atoms with Gasteiger partial charge in [0, 0.05) is 7.11 Å². The van der Waals surface area contributed by atoms with E-state index >= 15 is 0 Å². The molecule has 1 aliphatic carbocycles. The third-order valence-electron chi connectivity index (χ3n) is 5.12. The van der Waals surface area contributed by atoms with Gasteiger partial charge in [0.1, 0.15) is 17.4 Å². The van der Waals surface area contributed by atoms with Gasteiger partial charge in [-0.15, -0.1) is 5.10 Å². The molecule has 2 heterocycles. The van der Waals surface area contributed by atoms with Crippen molar-refractivity contribution in [1.29, 1.82) is 5.26 Å². The van der Waals surface area contributed by atoms with E-state index in [1.165, 1.54) is 12.8 Å². The minimum Gasteiger partial charge on any atom is -0.490 e. The van der Waals surface area contributed by atoms with Gasteiger partial charge in [-0.05, 0) is 43.4 Å². The molecule has 7 nitrogen and oxygen atoms in total. The molecule has 3 N–H and O–H groups in total. The highest BCUT2D eigenvalue weighted by Crippen LogP contribution is 2.43. The molecular formula is C20H22N4O3. The molecule has 2 aliphatic rings. The molecule has 0 bridgehead atoms. The van der Waals surface area contributed by atoms with Gasteiger partial charge >= 0.3 is 0 Å². The Morgan fingerprint density at radius 1 is 1.30 bits per heavy atom. The molecule has 0 amide bonds. The van der Waals surface area contributed by atoms with Gasteiger partial charge in [0.2, 0.25) is 11.8 Å². The van der Waals surface area contributed by atoms with E-state index in [0.29, 0.717) is 24.2 Å². The van der Waals surface area contributed by atoms with Crippen LogP contribution in [-0.2, 0) is 11.3 Å². The number of nitrogens with zero attached hydrogens (tertiary/aromatic N) is 2. The summed E-state index contributed by atoms with van der Waals surface area (Å²) in [6, 6.07) is 10.0. The van der Waals surface area contributed by atoms with Crippen LogP contribution in [0.25, 0.3) is 0 Å². The molecule has 0 radical (unpaired) electrons. The monoisotopic (exact) mass is 366 g/mol. The van der Waals surface area contributed by atoms with E-state index < -0.39 is 0 Å². The Kier molecular flexibility index (Phi) is 4.73. The largest absolute Gasteiger partial charge is 0.490 e. The standard InChI is InChI=1S/C20H22N4O3/c1-25-11-16-18-17(15(10-21)19(22)27-20(18)24-23-16)12-6-8-14(9-7-12)26-13-4-2-3-5-13/h6-9,13,17H,2-5,11,22H2,1H3,(H,23,24)/t17-/m1/s1. The number of ether oxygens (including phenoxy) is 3. The first-order chi connectivity index (χ1) is 13.2. The Hall–Kier alpha value is -2.98. The second-order valence-corrected chi connectivity index (χ2v) is 6.87. The van der Waals surface area contributed by atoms with Crippen LogP contribution in [0.4, 0.5) is 0 Å². The molecule has 2 aromatic rings. The van der Waals surface area contributed by atoms with Gasteiger partial charge in [0.05, 0.1) is 29.9 Å². The molecule has 1 aromatic heterocycles. The summed E-state index contributed by atoms with van der Waals surface area (Å²) in [5.74, 6) is 0.951. The summed E-state index contributed by atoms with van der Waals surface area (Å²) in [6.07, 6.45) is 4.98. The molecule has 1 aliphatic heterocycles. The highest BCUT2D eigenvalue weighted by atomic mass is 16.5. The number of aromatic nitrogens is 2. The Morgan fingerprint density at radius 2 is 2.04 bits per heavy atom. The van der Waals surface area contributed by atoms with Gasteiger partial charge in [0.25, 0.3) is 0 Å². The third kappa shape index (κ3) is 3.24. The van der Waals surface area contributed by atoms with E-state index in [-0.39, 0.29) is 11.8 Å². The average Bonchev–Trinajstić information content (AvgIpc) is 3.32. The SMILES string of the molecule is COCc1[nH]nc2c1[C@H](c1ccc(OC3CCCC3)cc1)C(C#N)=C(N)O2. The number of nitrogens with two attached hydrogens (primary N) is 1. The van der Waals surface area contributed by atoms with Crippen LogP contribution >= 0.6 is 0 Å². The quantitative estimate of drug-likeness (QED) is 0.842. The van der Waals surface area contributed by atoms with Gasteiger partial charge in [-0.1, -0.05) is 12.1 Å². The van der Waals surface area contributed by atoms with Gasteiger partial charge in [-0.25, -0.2) is 0 Å². The van der Waals surface area contributed by atoms with E-state index in [2.05, 4.69) is 16.3 Å². The van der Waals surface area contributed by atoms with Crippen LogP contribution in [0.1, 0.15) is 48.4 Å². The Balaban J connectivity index is 1.68. The molecule has 0 unspecified atom stereocenters. The predicted octanol–water partition coefficient (Wildman–Crippen LogP) is 3.10. The zero-order valence-electron chi connectivity index (χ0n) is 15.2. The number of nitriles is 1. The minimum atomic E-state index is -0.358. The lowest BCUT2D eigenvalue weighted by Gasteiger charge is -2.24. The van der Waals surface area contributed by atoms with E-state index in [1.54, 1.807) is 7.11 Å². The zero-order chi connectivity index (χ0) is 18.8. The highest BCUT2D eigenvalue weighted by Gasteiger charge is 2.35. The van der Waals surface area contributed by atoms with Crippen LogP contribution < -0.4 is 15.2 Å². The van der Waals surface area contributed by atoms with Crippen molar-refractivity contribution in [1.82, 2.24) is 10.2 Å². The van der Waals surface area contributed by atoms with Crippen LogP contribution in [0.5, 0.6) is 11.6 Å². The number of allylic oxidation sites excluding steroid dienone is 1. The molecule has 4 rings (SSSR count). The van der Waals surface area contributed by atoms with Gasteiger partial charge in [0.15, 0.2) is 0 Å². The second kappa shape index (κ2) is 7.33. The molecule has 0 spiro atoms. The maximum atomic E-state index is 9.67. The van der Waals surface area contributed by atoms with Crippen molar-refractivity contribution in [2.75, 3.05) is 7.11 Å². The van der Waals surface area contributed by atoms with E-state index in [1.807, 2.05) is 24.3 Å². The Bertz CT molecular complexity index is 889. The van der Waals surface area contributed by atoms with Gasteiger partial charge in [-0.2, -0.15) is 5.26 Å². The van der Waals surface area contributed by atoms with E-state index in [0.717, 1.165) is 35.4 Å². The second-order valence-electron chi connectivity index (χ2n) is 6.87. The number of benzene rings is 1. The molecule has 1 aromatic carbocycles. The van der Waals surface area contributed by atoms with Crippen molar-refractivity contribution in [3.8, 4) is 17.7 Å². The fraction of sp³-hybridized carbons (Fsp3) is 0.400. The summed E-state index contributed by atoms with van der Waals surface area (Å²) < 4.78 is 16.8. The van der Waals surface area contributed by atoms with Crippen LogP contribution in [-0.4, -0.2) is 23.4 Å². The summed E-state index contributed by atoms with van der Waals surface area (Å²) in [4.78, 5) is 0. The summed E-state index contributed by atoms with van der Waals surface area (Å²) in [6.45, 7) is 0.337. The number of hydrogen-bond acceptors (Lipinski definition) is 6. The summed E-state index contributed by atoms with van der Waals surface area (Å²) in [5, 5.41) is 16.8. The maximum absolute atomic E-state index is 9.67. The molecule has 1 atom stereocenters. The number of rotatable bonds is 5. The number of fused-ring (bicyclic) bond motifs is 1. The topological polar surface area (TPSA) is 106 Å². The Morgan fingerprint density at radius 3 is 2.70 bits per heavy atom. The lowest BCUT2D eigenvalue weighted by molar-refractivity contribution is 0.180. The number of H-pyrrole nitrogens is 1. The van der Waals surface area contributed by atoms with Crippen molar-refractivity contribution in [3.05, 3.63) is 52.5 Å². The van der Waals surface area contributed by atoms with Crippen LogP contribution in [0, 0.1) is 11.3 Å². The third-order valence-corrected chi connectivity index (χ3v) is 5.12. The van der Waals surface area contributed by atoms with E-state index in [4.69, 9.17) is 19.9 Å².